The highest BCUT2D eigenvalue weighted by molar-refractivity contribution is 5.97. The Morgan fingerprint density at radius 3 is 2.43 bits per heavy atom. The minimum atomic E-state index is -0.439. The molecular weight excluding hydrogens is 354 g/mol. The normalized spacial score (nSPS) is 19.7. The third kappa shape index (κ3) is 3.92. The Morgan fingerprint density at radius 1 is 0.929 bits per heavy atom. The lowest BCUT2D eigenvalue weighted by Crippen LogP contribution is -2.35. The van der Waals surface area contributed by atoms with E-state index in [1.54, 1.807) is 29.3 Å². The number of nitrogens with zero attached hydrogens (tertiary/aromatic N) is 3. The van der Waals surface area contributed by atoms with Crippen molar-refractivity contribution in [2.45, 2.75) is 31.8 Å². The summed E-state index contributed by atoms with van der Waals surface area (Å²) in [7, 11) is 0. The molecule has 2 aromatic rings. The predicted octanol–water partition coefficient (Wildman–Crippen LogP) is 2.58. The van der Waals surface area contributed by atoms with Crippen LogP contribution in [0.4, 0.5) is 0 Å². The molecule has 3 heterocycles. The number of hydrogen-bond donors (Lipinski definition) is 1. The molecule has 28 heavy (non-hydrogen) atoms. The molecule has 2 aliphatic rings. The van der Waals surface area contributed by atoms with Crippen molar-refractivity contribution in [3.63, 3.8) is 0 Å². The van der Waals surface area contributed by atoms with Crippen LogP contribution in [0.25, 0.3) is 11.3 Å². The highest BCUT2D eigenvalue weighted by atomic mass is 16.3. The molecule has 4 rings (SSSR count). The quantitative estimate of drug-likeness (QED) is 0.890. The maximum absolute atomic E-state index is 12.8. The summed E-state index contributed by atoms with van der Waals surface area (Å²) < 4.78 is 0. The van der Waals surface area contributed by atoms with Gasteiger partial charge in [0, 0.05) is 49.1 Å². The molecule has 1 aromatic heterocycles. The molecule has 0 radical (unpaired) electrons. The van der Waals surface area contributed by atoms with Crippen LogP contribution >= 0.6 is 0 Å². The van der Waals surface area contributed by atoms with E-state index >= 15 is 0 Å². The fraction of sp³-hybridized carbons (Fsp3) is 0.409. The maximum Gasteiger partial charge on any atom is 0.253 e. The van der Waals surface area contributed by atoms with E-state index in [1.807, 2.05) is 23.1 Å². The first-order chi connectivity index (χ1) is 13.6. The van der Waals surface area contributed by atoms with Gasteiger partial charge in [-0.1, -0.05) is 12.1 Å². The number of carbonyl (C=O) groups is 2. The molecule has 1 atom stereocenters. The Balaban J connectivity index is 1.56. The zero-order valence-corrected chi connectivity index (χ0v) is 15.9. The minimum absolute atomic E-state index is 0.0432. The molecule has 2 saturated heterocycles. The van der Waals surface area contributed by atoms with E-state index in [1.165, 1.54) is 6.42 Å². The first-order valence-electron chi connectivity index (χ1n) is 9.95. The average Bonchev–Trinajstić information content (AvgIpc) is 3.20. The molecule has 0 aliphatic carbocycles. The van der Waals surface area contributed by atoms with Gasteiger partial charge in [0.05, 0.1) is 11.8 Å². The number of aromatic nitrogens is 1. The van der Waals surface area contributed by atoms with E-state index in [0.717, 1.165) is 31.5 Å². The van der Waals surface area contributed by atoms with Gasteiger partial charge in [-0.2, -0.15) is 0 Å². The van der Waals surface area contributed by atoms with Gasteiger partial charge in [-0.15, -0.1) is 0 Å². The van der Waals surface area contributed by atoms with E-state index in [-0.39, 0.29) is 11.8 Å². The number of piperidine rings is 1. The zero-order chi connectivity index (χ0) is 19.5. The first kappa shape index (κ1) is 18.6. The summed E-state index contributed by atoms with van der Waals surface area (Å²) in [5, 5.41) is 9.68. The van der Waals surface area contributed by atoms with Gasteiger partial charge < -0.3 is 14.9 Å². The van der Waals surface area contributed by atoms with Crippen LogP contribution in [0.2, 0.25) is 0 Å². The van der Waals surface area contributed by atoms with Crippen molar-refractivity contribution >= 4 is 11.8 Å². The van der Waals surface area contributed by atoms with E-state index in [9.17, 15) is 14.7 Å². The maximum atomic E-state index is 12.8. The van der Waals surface area contributed by atoms with Crippen LogP contribution in [0.3, 0.4) is 0 Å². The number of β-amino-alcohol motifs (C(OH)–C–C–N with tert-alkyl or cyclic N) is 1. The standard InChI is InChI=1S/C22H25N3O3/c26-19-8-12-25(15-19)22(28)17-6-4-5-16(13-17)20-14-18(7-9-23-20)21(27)24-10-2-1-3-11-24/h4-7,9,13-14,19,26H,1-3,8,10-12,15H2/t19-/m1/s1. The van der Waals surface area contributed by atoms with Crippen molar-refractivity contribution in [1.82, 2.24) is 14.8 Å². The molecule has 146 valence electrons. The number of pyridine rings is 1. The van der Waals surface area contributed by atoms with Crippen molar-refractivity contribution in [2.75, 3.05) is 26.2 Å². The van der Waals surface area contributed by atoms with Crippen LogP contribution in [-0.2, 0) is 0 Å². The van der Waals surface area contributed by atoms with Gasteiger partial charge in [0.25, 0.3) is 11.8 Å². The number of likely N-dealkylation sites (tertiary alicyclic amines) is 2. The summed E-state index contributed by atoms with van der Waals surface area (Å²) in [6.45, 7) is 2.56. The molecule has 2 aliphatic heterocycles. The molecule has 0 unspecified atom stereocenters. The number of benzene rings is 1. The summed E-state index contributed by atoms with van der Waals surface area (Å²) in [6.07, 6.45) is 5.12. The van der Waals surface area contributed by atoms with Gasteiger partial charge in [0.1, 0.15) is 0 Å². The molecule has 6 nitrogen and oxygen atoms in total. The van der Waals surface area contributed by atoms with E-state index < -0.39 is 6.10 Å². The van der Waals surface area contributed by atoms with Gasteiger partial charge in [-0.05, 0) is 49.9 Å². The van der Waals surface area contributed by atoms with Crippen molar-refractivity contribution < 1.29 is 14.7 Å². The van der Waals surface area contributed by atoms with Crippen LogP contribution in [0.5, 0.6) is 0 Å². The number of hydrogen-bond acceptors (Lipinski definition) is 4. The minimum Gasteiger partial charge on any atom is -0.391 e. The van der Waals surface area contributed by atoms with Gasteiger partial charge >= 0.3 is 0 Å². The van der Waals surface area contributed by atoms with Gasteiger partial charge in [0.2, 0.25) is 0 Å². The van der Waals surface area contributed by atoms with Gasteiger partial charge in [-0.3, -0.25) is 14.6 Å². The van der Waals surface area contributed by atoms with Crippen LogP contribution in [0.15, 0.2) is 42.6 Å². The number of carbonyl (C=O) groups excluding carboxylic acids is 2. The smallest absolute Gasteiger partial charge is 0.253 e. The molecule has 1 N–H and O–H groups in total. The number of rotatable bonds is 3. The summed E-state index contributed by atoms with van der Waals surface area (Å²) in [5.74, 6) is -0.0411. The average molecular weight is 379 g/mol. The Morgan fingerprint density at radius 2 is 1.68 bits per heavy atom. The molecule has 0 spiro atoms. The lowest BCUT2D eigenvalue weighted by Gasteiger charge is -2.26. The summed E-state index contributed by atoms with van der Waals surface area (Å²) >= 11 is 0. The third-order valence-corrected chi connectivity index (χ3v) is 5.51. The second kappa shape index (κ2) is 8.10. The summed E-state index contributed by atoms with van der Waals surface area (Å²) in [6, 6.07) is 10.9. The predicted molar refractivity (Wildman–Crippen MR) is 106 cm³/mol. The third-order valence-electron chi connectivity index (χ3n) is 5.51. The Hall–Kier alpha value is -2.73. The monoisotopic (exact) mass is 379 g/mol. The van der Waals surface area contributed by atoms with Crippen LogP contribution in [0.1, 0.15) is 46.4 Å². The van der Waals surface area contributed by atoms with Crippen molar-refractivity contribution in [3.8, 4) is 11.3 Å². The SMILES string of the molecule is O=C(c1ccnc(-c2cccc(C(=O)N3CC[C@@H](O)C3)c2)c1)N1CCCCC1. The first-order valence-corrected chi connectivity index (χ1v) is 9.95. The van der Waals surface area contributed by atoms with Gasteiger partial charge in [0.15, 0.2) is 0 Å². The number of aliphatic hydroxyl groups excluding tert-OH is 1. The molecule has 2 fully saturated rings. The van der Waals surface area contributed by atoms with E-state index in [0.29, 0.717) is 36.3 Å². The summed E-state index contributed by atoms with van der Waals surface area (Å²) in [5.41, 5.74) is 2.69. The second-order valence-corrected chi connectivity index (χ2v) is 7.56. The molecule has 6 heteroatoms. The Labute approximate surface area is 164 Å². The highest BCUT2D eigenvalue weighted by Crippen LogP contribution is 2.22. The second-order valence-electron chi connectivity index (χ2n) is 7.56. The topological polar surface area (TPSA) is 73.7 Å². The lowest BCUT2D eigenvalue weighted by atomic mass is 10.0. The molecular formula is C22H25N3O3. The van der Waals surface area contributed by atoms with E-state index in [4.69, 9.17) is 0 Å². The highest BCUT2D eigenvalue weighted by Gasteiger charge is 2.25. The van der Waals surface area contributed by atoms with Gasteiger partial charge in [-0.25, -0.2) is 0 Å². The number of aliphatic hydroxyl groups is 1. The fourth-order valence-corrected chi connectivity index (χ4v) is 3.92. The largest absolute Gasteiger partial charge is 0.391 e. The van der Waals surface area contributed by atoms with Crippen LogP contribution in [-0.4, -0.2) is 64.0 Å². The molecule has 0 bridgehead atoms. The van der Waals surface area contributed by atoms with Crippen molar-refractivity contribution in [1.29, 1.82) is 0 Å². The lowest BCUT2D eigenvalue weighted by molar-refractivity contribution is 0.0723. The van der Waals surface area contributed by atoms with Crippen LogP contribution in [0, 0.1) is 0 Å². The Kier molecular flexibility index (Phi) is 5.39. The number of amides is 2. The van der Waals surface area contributed by atoms with E-state index in [2.05, 4.69) is 4.98 Å². The fourth-order valence-electron chi connectivity index (χ4n) is 3.92. The molecule has 0 saturated carbocycles. The van der Waals surface area contributed by atoms with Crippen molar-refractivity contribution in [2.24, 2.45) is 0 Å². The zero-order valence-electron chi connectivity index (χ0n) is 15.9. The summed E-state index contributed by atoms with van der Waals surface area (Å²) in [4.78, 5) is 33.5. The molecule has 2 amide bonds. The van der Waals surface area contributed by atoms with Crippen molar-refractivity contribution in [3.05, 3.63) is 53.7 Å². The molecule has 1 aromatic carbocycles. The Bertz CT molecular complexity index is 819. The van der Waals surface area contributed by atoms with Crippen LogP contribution < -0.4 is 0 Å².